The van der Waals surface area contributed by atoms with Crippen molar-refractivity contribution in [2.75, 3.05) is 0 Å². The quantitative estimate of drug-likeness (QED) is 0.659. The minimum absolute atomic E-state index is 0.0378. The van der Waals surface area contributed by atoms with E-state index in [1.807, 2.05) is 13.0 Å². The lowest BCUT2D eigenvalue weighted by molar-refractivity contribution is 0.553. The summed E-state index contributed by atoms with van der Waals surface area (Å²) in [6, 6.07) is 6.61. The average Bonchev–Trinajstić information content (AvgIpc) is 2.55. The molecule has 0 fully saturated rings. The van der Waals surface area contributed by atoms with Crippen molar-refractivity contribution in [3.63, 3.8) is 0 Å². The van der Waals surface area contributed by atoms with Crippen LogP contribution in [0.1, 0.15) is 27.9 Å². The third-order valence-corrected chi connectivity index (χ3v) is 4.59. The molecule has 0 radical (unpaired) electrons. The number of hydrogen-bond acceptors (Lipinski definition) is 5. The van der Waals surface area contributed by atoms with E-state index in [1.54, 1.807) is 26.0 Å². The van der Waals surface area contributed by atoms with Gasteiger partial charge >= 0.3 is 5.63 Å². The Hall–Kier alpha value is -2.91. The van der Waals surface area contributed by atoms with Gasteiger partial charge in [0, 0.05) is 16.5 Å². The lowest BCUT2D eigenvalue weighted by Gasteiger charge is -2.11. The van der Waals surface area contributed by atoms with E-state index in [4.69, 9.17) is 16.0 Å². The molecule has 0 amide bonds. The standard InChI is InChI=1S/C18H14ClN3O3/c1-9-4-16-13(6-15(9)19)12(5-17(23)25-16)8-22-18(24)14(7-20)10(2)11(3)21-22/h4-6H,8H2,1-3H3. The van der Waals surface area contributed by atoms with E-state index < -0.39 is 11.2 Å². The van der Waals surface area contributed by atoms with Gasteiger partial charge in [-0.3, -0.25) is 4.79 Å². The van der Waals surface area contributed by atoms with E-state index >= 15 is 0 Å². The molecule has 2 aromatic heterocycles. The molecule has 0 N–H and O–H groups in total. The van der Waals surface area contributed by atoms with Crippen molar-refractivity contribution in [2.45, 2.75) is 27.3 Å². The number of nitrogens with zero attached hydrogens (tertiary/aromatic N) is 3. The van der Waals surface area contributed by atoms with Gasteiger partial charge in [-0.15, -0.1) is 0 Å². The van der Waals surface area contributed by atoms with Crippen LogP contribution in [-0.2, 0) is 6.54 Å². The van der Waals surface area contributed by atoms with Gasteiger partial charge in [0.2, 0.25) is 0 Å². The molecule has 1 aromatic carbocycles. The zero-order chi connectivity index (χ0) is 18.3. The molecule has 25 heavy (non-hydrogen) atoms. The van der Waals surface area contributed by atoms with Crippen LogP contribution in [0.15, 0.2) is 32.2 Å². The van der Waals surface area contributed by atoms with Crippen LogP contribution in [0.5, 0.6) is 0 Å². The van der Waals surface area contributed by atoms with Gasteiger partial charge in [0.25, 0.3) is 5.56 Å². The molecule has 2 heterocycles. The molecule has 0 bridgehead atoms. The molecule has 0 unspecified atom stereocenters. The molecule has 7 heteroatoms. The highest BCUT2D eigenvalue weighted by molar-refractivity contribution is 6.32. The maximum atomic E-state index is 12.5. The van der Waals surface area contributed by atoms with Crippen LogP contribution >= 0.6 is 11.6 Å². The van der Waals surface area contributed by atoms with Crippen molar-refractivity contribution in [1.29, 1.82) is 5.26 Å². The molecule has 0 aliphatic heterocycles. The normalized spacial score (nSPS) is 10.8. The van der Waals surface area contributed by atoms with E-state index in [0.717, 1.165) is 5.56 Å². The van der Waals surface area contributed by atoms with Gasteiger partial charge in [-0.1, -0.05) is 11.6 Å². The zero-order valence-corrected chi connectivity index (χ0v) is 14.6. The summed E-state index contributed by atoms with van der Waals surface area (Å²) in [4.78, 5) is 24.3. The van der Waals surface area contributed by atoms with Crippen molar-refractivity contribution in [1.82, 2.24) is 9.78 Å². The molecule has 6 nitrogen and oxygen atoms in total. The van der Waals surface area contributed by atoms with E-state index in [1.165, 1.54) is 10.7 Å². The van der Waals surface area contributed by atoms with Crippen LogP contribution < -0.4 is 11.2 Å². The number of rotatable bonds is 2. The van der Waals surface area contributed by atoms with E-state index in [2.05, 4.69) is 5.10 Å². The van der Waals surface area contributed by atoms with Gasteiger partial charge in [0.15, 0.2) is 0 Å². The fourth-order valence-corrected chi connectivity index (χ4v) is 2.81. The first-order chi connectivity index (χ1) is 11.8. The van der Waals surface area contributed by atoms with Gasteiger partial charge in [0.1, 0.15) is 17.2 Å². The largest absolute Gasteiger partial charge is 0.423 e. The Morgan fingerprint density at radius 1 is 1.24 bits per heavy atom. The second-order valence-corrected chi connectivity index (χ2v) is 6.26. The molecule has 0 aliphatic rings. The first-order valence-electron chi connectivity index (χ1n) is 7.53. The Kier molecular flexibility index (Phi) is 4.19. The molecule has 0 saturated carbocycles. The van der Waals surface area contributed by atoms with Crippen molar-refractivity contribution in [3.8, 4) is 6.07 Å². The highest BCUT2D eigenvalue weighted by atomic mass is 35.5. The summed E-state index contributed by atoms with van der Waals surface area (Å²) in [5, 5.41) is 14.6. The molecule has 0 aliphatic carbocycles. The minimum Gasteiger partial charge on any atom is -0.423 e. The van der Waals surface area contributed by atoms with Crippen LogP contribution in [0.25, 0.3) is 11.0 Å². The number of hydrogen-bond donors (Lipinski definition) is 0. The van der Waals surface area contributed by atoms with Crippen LogP contribution in [0, 0.1) is 32.1 Å². The predicted octanol–water partition coefficient (Wildman–Crippen LogP) is 2.85. The summed E-state index contributed by atoms with van der Waals surface area (Å²) >= 11 is 6.18. The third-order valence-electron chi connectivity index (χ3n) is 4.18. The van der Waals surface area contributed by atoms with E-state index in [9.17, 15) is 14.9 Å². The Labute approximate surface area is 147 Å². The summed E-state index contributed by atoms with van der Waals surface area (Å²) < 4.78 is 6.40. The number of halogens is 1. The minimum atomic E-state index is -0.526. The fourth-order valence-electron chi connectivity index (χ4n) is 2.65. The van der Waals surface area contributed by atoms with E-state index in [-0.39, 0.29) is 12.1 Å². The molecule has 0 spiro atoms. The number of nitriles is 1. The van der Waals surface area contributed by atoms with Crippen LogP contribution in [0.3, 0.4) is 0 Å². The lowest BCUT2D eigenvalue weighted by Crippen LogP contribution is -2.28. The predicted molar refractivity (Wildman–Crippen MR) is 94.0 cm³/mol. The Morgan fingerprint density at radius 3 is 2.64 bits per heavy atom. The van der Waals surface area contributed by atoms with Gasteiger partial charge in [0.05, 0.1) is 12.2 Å². The average molecular weight is 356 g/mol. The monoisotopic (exact) mass is 355 g/mol. The summed E-state index contributed by atoms with van der Waals surface area (Å²) in [5.74, 6) is 0. The maximum absolute atomic E-state index is 12.5. The van der Waals surface area contributed by atoms with Crippen molar-refractivity contribution >= 4 is 22.6 Å². The second kappa shape index (κ2) is 6.19. The topological polar surface area (TPSA) is 88.9 Å². The molecular weight excluding hydrogens is 342 g/mol. The molecule has 0 atom stereocenters. The van der Waals surface area contributed by atoms with Gasteiger partial charge in [-0.2, -0.15) is 10.4 Å². The van der Waals surface area contributed by atoms with Crippen molar-refractivity contribution < 1.29 is 4.42 Å². The number of aryl methyl sites for hydroxylation is 2. The highest BCUT2D eigenvalue weighted by Gasteiger charge is 2.14. The zero-order valence-electron chi connectivity index (χ0n) is 13.9. The smallest absolute Gasteiger partial charge is 0.336 e. The first-order valence-corrected chi connectivity index (χ1v) is 7.91. The number of aromatic nitrogens is 2. The van der Waals surface area contributed by atoms with Crippen molar-refractivity contribution in [3.05, 3.63) is 71.9 Å². The molecule has 0 saturated heterocycles. The molecular formula is C18H14ClN3O3. The first kappa shape index (κ1) is 16.9. The summed E-state index contributed by atoms with van der Waals surface area (Å²) in [7, 11) is 0. The Balaban J connectivity index is 2.25. The van der Waals surface area contributed by atoms with Crippen molar-refractivity contribution in [2.24, 2.45) is 0 Å². The number of fused-ring (bicyclic) bond motifs is 1. The molecule has 126 valence electrons. The third kappa shape index (κ3) is 2.94. The summed E-state index contributed by atoms with van der Waals surface area (Å²) in [5.41, 5.74) is 1.89. The molecule has 3 rings (SSSR count). The van der Waals surface area contributed by atoms with Gasteiger partial charge in [-0.25, -0.2) is 9.48 Å². The molecule has 3 aromatic rings. The summed E-state index contributed by atoms with van der Waals surface area (Å²) in [6.45, 7) is 5.25. The maximum Gasteiger partial charge on any atom is 0.336 e. The van der Waals surface area contributed by atoms with Gasteiger partial charge < -0.3 is 4.42 Å². The fraction of sp³-hybridized carbons (Fsp3) is 0.222. The van der Waals surface area contributed by atoms with Crippen LogP contribution in [0.2, 0.25) is 5.02 Å². The SMILES string of the molecule is Cc1cc2oc(=O)cc(Cn3nc(C)c(C)c(C#N)c3=O)c2cc1Cl. The lowest BCUT2D eigenvalue weighted by atomic mass is 10.1. The Bertz CT molecular complexity index is 1170. The summed E-state index contributed by atoms with van der Waals surface area (Å²) in [6.07, 6.45) is 0. The number of benzene rings is 1. The van der Waals surface area contributed by atoms with Crippen LogP contribution in [0.4, 0.5) is 0 Å². The second-order valence-electron chi connectivity index (χ2n) is 5.85. The Morgan fingerprint density at radius 2 is 1.96 bits per heavy atom. The van der Waals surface area contributed by atoms with Gasteiger partial charge in [-0.05, 0) is 49.6 Å². The van der Waals surface area contributed by atoms with E-state index in [0.29, 0.717) is 32.8 Å². The highest BCUT2D eigenvalue weighted by Crippen LogP contribution is 2.25. The van der Waals surface area contributed by atoms with Crippen LogP contribution in [-0.4, -0.2) is 9.78 Å².